The maximum Gasteiger partial charge on any atom is 0.231 e. The number of H-pyrrole nitrogens is 1. The highest BCUT2D eigenvalue weighted by Gasteiger charge is 2.35. The number of aromatic nitrogens is 3. The number of benzene rings is 2. The summed E-state index contributed by atoms with van der Waals surface area (Å²) in [4.78, 5) is 27.0. The number of carbonyl (C=O) groups is 1. The zero-order chi connectivity index (χ0) is 27.7. The predicted octanol–water partition coefficient (Wildman–Crippen LogP) is 5.89. The van der Waals surface area contributed by atoms with Gasteiger partial charge in [-0.3, -0.25) is 9.79 Å². The van der Waals surface area contributed by atoms with Crippen molar-refractivity contribution in [2.24, 2.45) is 10.7 Å². The molecule has 40 heavy (non-hydrogen) atoms. The highest BCUT2D eigenvalue weighted by Crippen LogP contribution is 2.34. The molecule has 206 valence electrons. The second-order valence-corrected chi connectivity index (χ2v) is 12.0. The molecule has 5 aromatic rings. The Bertz CT molecular complexity index is 1690. The van der Waals surface area contributed by atoms with Crippen LogP contribution in [0.2, 0.25) is 0 Å². The molecule has 3 aromatic heterocycles. The van der Waals surface area contributed by atoms with E-state index < -0.39 is 5.41 Å². The second-order valence-electron chi connectivity index (χ2n) is 11.1. The minimum Gasteiger partial charge on any atom is -0.361 e. The number of amides is 1. The Morgan fingerprint density at radius 3 is 2.80 bits per heavy atom. The molecule has 8 heteroatoms. The van der Waals surface area contributed by atoms with Gasteiger partial charge in [-0.1, -0.05) is 36.4 Å². The molecule has 0 radical (unpaired) electrons. The number of carbonyl (C=O) groups excluding carboxylic acids is 1. The Hall–Kier alpha value is -3.75. The molecule has 1 aliphatic heterocycles. The van der Waals surface area contributed by atoms with Crippen molar-refractivity contribution in [2.45, 2.75) is 57.5 Å². The van der Waals surface area contributed by atoms with Crippen LogP contribution >= 0.6 is 11.3 Å². The largest absolute Gasteiger partial charge is 0.361 e. The van der Waals surface area contributed by atoms with Crippen LogP contribution in [0.5, 0.6) is 0 Å². The number of unbranched alkanes of at least 4 members (excludes halogenated alkanes) is 1. The van der Waals surface area contributed by atoms with Gasteiger partial charge in [-0.25, -0.2) is 4.98 Å². The lowest BCUT2D eigenvalue weighted by atomic mass is 9.88. The molecular formula is C32H36N6OS. The molecule has 1 unspecified atom stereocenters. The molecule has 4 N–H and O–H groups in total. The first-order chi connectivity index (χ1) is 19.5. The molecule has 4 heterocycles. The van der Waals surface area contributed by atoms with Crippen molar-refractivity contribution in [2.75, 3.05) is 13.1 Å². The van der Waals surface area contributed by atoms with E-state index in [2.05, 4.69) is 62.8 Å². The van der Waals surface area contributed by atoms with E-state index in [1.165, 1.54) is 26.6 Å². The minimum absolute atomic E-state index is 0.0209. The Labute approximate surface area is 238 Å². The Morgan fingerprint density at radius 1 is 1.15 bits per heavy atom. The van der Waals surface area contributed by atoms with Gasteiger partial charge in [-0.15, -0.1) is 11.3 Å². The van der Waals surface area contributed by atoms with E-state index in [0.29, 0.717) is 19.6 Å². The van der Waals surface area contributed by atoms with E-state index in [9.17, 15) is 4.79 Å². The topological polar surface area (TPSA) is 101 Å². The first-order valence-electron chi connectivity index (χ1n) is 14.1. The van der Waals surface area contributed by atoms with Crippen LogP contribution in [-0.4, -0.2) is 39.2 Å². The zero-order valence-corrected chi connectivity index (χ0v) is 23.9. The molecule has 1 aliphatic rings. The monoisotopic (exact) mass is 552 g/mol. The summed E-state index contributed by atoms with van der Waals surface area (Å²) in [5.41, 5.74) is 10.4. The summed E-state index contributed by atoms with van der Waals surface area (Å²) in [7, 11) is 0. The van der Waals surface area contributed by atoms with Crippen LogP contribution in [0.4, 0.5) is 0 Å². The highest BCUT2D eigenvalue weighted by atomic mass is 32.1. The number of aromatic amines is 1. The number of thiophene rings is 1. The van der Waals surface area contributed by atoms with Gasteiger partial charge in [0, 0.05) is 50.9 Å². The number of nitrogens with zero attached hydrogens (tertiary/aromatic N) is 3. The van der Waals surface area contributed by atoms with Crippen LogP contribution in [0.1, 0.15) is 61.8 Å². The molecule has 1 amide bonds. The molecule has 1 atom stereocenters. The van der Waals surface area contributed by atoms with Crippen molar-refractivity contribution in [1.82, 2.24) is 19.9 Å². The SMILES string of the molecule is CC(C)(C(=O)NCCc1c[nH]c2ccccc12)c1cn2c(n1)C(CCCCN)N=C(c1csc3ccccc13)C2. The van der Waals surface area contributed by atoms with Crippen LogP contribution in [0.3, 0.4) is 0 Å². The van der Waals surface area contributed by atoms with E-state index in [1.54, 1.807) is 11.3 Å². The van der Waals surface area contributed by atoms with Crippen molar-refractivity contribution >= 4 is 43.9 Å². The first kappa shape index (κ1) is 26.5. The fourth-order valence-corrected chi connectivity index (χ4v) is 6.56. The molecular weight excluding hydrogens is 516 g/mol. The summed E-state index contributed by atoms with van der Waals surface area (Å²) >= 11 is 1.75. The van der Waals surface area contributed by atoms with E-state index >= 15 is 0 Å². The fraction of sp³-hybridized carbons (Fsp3) is 0.344. The van der Waals surface area contributed by atoms with Crippen LogP contribution in [0, 0.1) is 0 Å². The lowest BCUT2D eigenvalue weighted by Crippen LogP contribution is -2.41. The van der Waals surface area contributed by atoms with Gasteiger partial charge in [0.2, 0.25) is 5.91 Å². The predicted molar refractivity (Wildman–Crippen MR) is 164 cm³/mol. The maximum absolute atomic E-state index is 13.5. The molecule has 0 fully saturated rings. The number of fused-ring (bicyclic) bond motifs is 3. The van der Waals surface area contributed by atoms with E-state index in [1.807, 2.05) is 32.2 Å². The number of rotatable bonds is 10. The number of nitrogens with two attached hydrogens (primary N) is 1. The van der Waals surface area contributed by atoms with Crippen LogP contribution in [0.25, 0.3) is 21.0 Å². The van der Waals surface area contributed by atoms with Gasteiger partial charge in [0.05, 0.1) is 23.4 Å². The highest BCUT2D eigenvalue weighted by molar-refractivity contribution is 7.17. The summed E-state index contributed by atoms with van der Waals surface area (Å²) in [6, 6.07) is 16.7. The van der Waals surface area contributed by atoms with Gasteiger partial charge in [0.25, 0.3) is 0 Å². The molecule has 7 nitrogen and oxygen atoms in total. The summed E-state index contributed by atoms with van der Waals surface area (Å²) < 4.78 is 3.47. The minimum atomic E-state index is -0.776. The Morgan fingerprint density at radius 2 is 1.95 bits per heavy atom. The fourth-order valence-electron chi connectivity index (χ4n) is 5.59. The molecule has 0 bridgehead atoms. The molecule has 0 saturated carbocycles. The smallest absolute Gasteiger partial charge is 0.231 e. The Balaban J connectivity index is 1.21. The normalized spacial score (nSPS) is 15.4. The van der Waals surface area contributed by atoms with Gasteiger partial charge < -0.3 is 20.6 Å². The third-order valence-corrected chi connectivity index (χ3v) is 8.99. The van der Waals surface area contributed by atoms with E-state index in [-0.39, 0.29) is 11.9 Å². The van der Waals surface area contributed by atoms with Crippen molar-refractivity contribution in [1.29, 1.82) is 0 Å². The van der Waals surface area contributed by atoms with Gasteiger partial charge in [-0.05, 0) is 63.8 Å². The van der Waals surface area contributed by atoms with Gasteiger partial charge in [-0.2, -0.15) is 0 Å². The zero-order valence-electron chi connectivity index (χ0n) is 23.1. The number of imidazole rings is 1. The number of aliphatic imine (C=N–C) groups is 1. The van der Waals surface area contributed by atoms with Crippen molar-refractivity contribution in [3.8, 4) is 0 Å². The summed E-state index contributed by atoms with van der Waals surface area (Å²) in [6.07, 6.45) is 7.69. The quantitative estimate of drug-likeness (QED) is 0.188. The second kappa shape index (κ2) is 11.0. The lowest BCUT2D eigenvalue weighted by Gasteiger charge is -2.22. The van der Waals surface area contributed by atoms with E-state index in [4.69, 9.17) is 15.7 Å². The van der Waals surface area contributed by atoms with Crippen molar-refractivity contribution in [3.63, 3.8) is 0 Å². The van der Waals surface area contributed by atoms with Gasteiger partial charge in [0.15, 0.2) is 0 Å². The van der Waals surface area contributed by atoms with Gasteiger partial charge >= 0.3 is 0 Å². The molecule has 0 aliphatic carbocycles. The van der Waals surface area contributed by atoms with Crippen LogP contribution in [0.15, 0.2) is 71.3 Å². The van der Waals surface area contributed by atoms with Crippen LogP contribution < -0.4 is 11.1 Å². The standard InChI is InChI=1S/C32H36N6OS/c1-32(2,31(39)34-16-14-21-17-35-25-11-5-3-9-22(21)25)29-19-38-18-27(24-20-40-28-13-6-4-10-23(24)28)36-26(30(38)37-29)12-7-8-15-33/h3-6,9-11,13,17,19-20,26,35H,7-8,12,14-16,18,33H2,1-2H3,(H,34,39). The molecule has 6 rings (SSSR count). The molecule has 2 aromatic carbocycles. The third-order valence-electron chi connectivity index (χ3n) is 8.02. The van der Waals surface area contributed by atoms with Gasteiger partial charge in [0.1, 0.15) is 11.9 Å². The third kappa shape index (κ3) is 4.97. The van der Waals surface area contributed by atoms with Crippen LogP contribution in [-0.2, 0) is 23.2 Å². The maximum atomic E-state index is 13.5. The number of nitrogens with one attached hydrogen (secondary N) is 2. The Kier molecular flexibility index (Phi) is 7.29. The summed E-state index contributed by atoms with van der Waals surface area (Å²) in [6.45, 7) is 5.80. The number of hydrogen-bond donors (Lipinski definition) is 3. The van der Waals surface area contributed by atoms with Crippen molar-refractivity contribution < 1.29 is 4.79 Å². The summed E-state index contributed by atoms with van der Waals surface area (Å²) in [5, 5.41) is 7.83. The summed E-state index contributed by atoms with van der Waals surface area (Å²) in [5.74, 6) is 0.919. The molecule has 0 spiro atoms. The average molecular weight is 553 g/mol. The van der Waals surface area contributed by atoms with E-state index in [0.717, 1.165) is 48.4 Å². The first-order valence-corrected chi connectivity index (χ1v) is 15.0. The average Bonchev–Trinajstić information content (AvgIpc) is 3.70. The number of para-hydroxylation sites is 1. The number of hydrogen-bond acceptors (Lipinski definition) is 5. The lowest BCUT2D eigenvalue weighted by molar-refractivity contribution is -0.125. The van der Waals surface area contributed by atoms with Crippen molar-refractivity contribution in [3.05, 3.63) is 88.9 Å². The molecule has 0 saturated heterocycles.